The highest BCUT2D eigenvalue weighted by atomic mass is 32.2. The first-order valence-electron chi connectivity index (χ1n) is 11.3. The molecule has 6 nitrogen and oxygen atoms in total. The quantitative estimate of drug-likeness (QED) is 0.699. The summed E-state index contributed by atoms with van der Waals surface area (Å²) >= 11 is 0. The summed E-state index contributed by atoms with van der Waals surface area (Å²) in [7, 11) is -3.61. The summed E-state index contributed by atoms with van der Waals surface area (Å²) < 4.78 is 26.2. The van der Waals surface area contributed by atoms with Crippen LogP contribution in [-0.2, 0) is 25.8 Å². The van der Waals surface area contributed by atoms with Crippen LogP contribution in [0.1, 0.15) is 70.3 Å². The second kappa shape index (κ2) is 8.69. The lowest BCUT2D eigenvalue weighted by Crippen LogP contribution is -2.37. The van der Waals surface area contributed by atoms with E-state index in [2.05, 4.69) is 5.32 Å². The molecule has 2 saturated carbocycles. The van der Waals surface area contributed by atoms with E-state index in [1.54, 1.807) is 30.0 Å². The number of carbonyl (C=O) groups excluding carboxylic acids is 2. The van der Waals surface area contributed by atoms with E-state index in [4.69, 9.17) is 0 Å². The fraction of sp³-hybridized carbons (Fsp3) is 0.652. The highest BCUT2D eigenvalue weighted by Gasteiger charge is 2.37. The lowest BCUT2D eigenvalue weighted by molar-refractivity contribution is -0.122. The number of nitrogens with one attached hydrogen (secondary N) is 1. The first-order chi connectivity index (χ1) is 14.4. The minimum atomic E-state index is -3.61. The summed E-state index contributed by atoms with van der Waals surface area (Å²) in [6.45, 7) is 2.23. The summed E-state index contributed by atoms with van der Waals surface area (Å²) in [5.74, 6) is 0.125. The van der Waals surface area contributed by atoms with E-state index in [0.29, 0.717) is 13.0 Å². The predicted octanol–water partition coefficient (Wildman–Crippen LogP) is 3.38. The van der Waals surface area contributed by atoms with Gasteiger partial charge in [-0.1, -0.05) is 25.7 Å². The largest absolute Gasteiger partial charge is 0.353 e. The zero-order valence-corrected chi connectivity index (χ0v) is 18.5. The van der Waals surface area contributed by atoms with E-state index >= 15 is 0 Å². The van der Waals surface area contributed by atoms with Crippen LogP contribution in [0, 0.1) is 5.92 Å². The Bertz CT molecular complexity index is 915. The smallest absolute Gasteiger partial charge is 0.230 e. The standard InChI is InChI=1S/C23H32N2O4S/c1-16(14-22(26)24-19-6-4-2-3-5-7-19)30(28,29)20-10-11-21-18(15-20)12-13-25(21)23(27)17-8-9-17/h10-11,15-17,19H,2-9,12-14H2,1H3,(H,24,26)/t16-/m1/s1. The third-order valence-electron chi connectivity index (χ3n) is 6.69. The van der Waals surface area contributed by atoms with Crippen LogP contribution < -0.4 is 10.2 Å². The minimum Gasteiger partial charge on any atom is -0.353 e. The van der Waals surface area contributed by atoms with Crippen molar-refractivity contribution in [3.63, 3.8) is 0 Å². The number of sulfone groups is 1. The first-order valence-corrected chi connectivity index (χ1v) is 12.9. The molecule has 0 radical (unpaired) electrons. The summed E-state index contributed by atoms with van der Waals surface area (Å²) in [5, 5.41) is 2.26. The number of hydrogen-bond acceptors (Lipinski definition) is 4. The highest BCUT2D eigenvalue weighted by molar-refractivity contribution is 7.92. The van der Waals surface area contributed by atoms with Gasteiger partial charge in [-0.3, -0.25) is 9.59 Å². The van der Waals surface area contributed by atoms with Gasteiger partial charge in [0.1, 0.15) is 0 Å². The average Bonchev–Trinajstić information content (AvgIpc) is 3.51. The van der Waals surface area contributed by atoms with Crippen molar-refractivity contribution in [3.05, 3.63) is 23.8 Å². The van der Waals surface area contributed by atoms with Crippen LogP contribution in [0.15, 0.2) is 23.1 Å². The number of hydrogen-bond donors (Lipinski definition) is 1. The maximum absolute atomic E-state index is 13.1. The van der Waals surface area contributed by atoms with Crippen molar-refractivity contribution in [1.29, 1.82) is 0 Å². The van der Waals surface area contributed by atoms with Crippen molar-refractivity contribution in [3.8, 4) is 0 Å². The van der Waals surface area contributed by atoms with E-state index in [9.17, 15) is 18.0 Å². The molecular weight excluding hydrogens is 400 g/mol. The van der Waals surface area contributed by atoms with Gasteiger partial charge in [0, 0.05) is 30.6 Å². The Labute approximate surface area is 179 Å². The van der Waals surface area contributed by atoms with Crippen molar-refractivity contribution in [2.45, 2.75) is 87.3 Å². The van der Waals surface area contributed by atoms with Gasteiger partial charge in [-0.15, -0.1) is 0 Å². The lowest BCUT2D eigenvalue weighted by atomic mass is 10.1. The summed E-state index contributed by atoms with van der Waals surface area (Å²) in [4.78, 5) is 26.9. The molecule has 1 heterocycles. The number of benzene rings is 1. The third-order valence-corrected chi connectivity index (χ3v) is 8.83. The maximum atomic E-state index is 13.1. The minimum absolute atomic E-state index is 0.0256. The Morgan fingerprint density at radius 3 is 2.47 bits per heavy atom. The van der Waals surface area contributed by atoms with E-state index in [1.165, 1.54) is 12.8 Å². The number of amides is 2. The molecule has 0 spiro atoms. The summed E-state index contributed by atoms with van der Waals surface area (Å²) in [6, 6.07) is 5.22. The third kappa shape index (κ3) is 4.56. The zero-order chi connectivity index (χ0) is 21.3. The van der Waals surface area contributed by atoms with Crippen LogP contribution in [0.4, 0.5) is 5.69 Å². The fourth-order valence-corrected chi connectivity index (χ4v) is 6.05. The van der Waals surface area contributed by atoms with Crippen molar-refractivity contribution >= 4 is 27.3 Å². The average molecular weight is 433 g/mol. The lowest BCUT2D eigenvalue weighted by Gasteiger charge is -2.19. The van der Waals surface area contributed by atoms with Crippen molar-refractivity contribution in [2.24, 2.45) is 5.92 Å². The molecule has 1 aliphatic heterocycles. The van der Waals surface area contributed by atoms with Gasteiger partial charge in [0.15, 0.2) is 9.84 Å². The van der Waals surface area contributed by atoms with E-state index in [1.807, 2.05) is 0 Å². The van der Waals surface area contributed by atoms with Gasteiger partial charge < -0.3 is 10.2 Å². The number of fused-ring (bicyclic) bond motifs is 1. The number of nitrogens with zero attached hydrogens (tertiary/aromatic N) is 1. The fourth-order valence-electron chi connectivity index (χ4n) is 4.65. The summed E-state index contributed by atoms with van der Waals surface area (Å²) in [6.07, 6.45) is 9.17. The predicted molar refractivity (Wildman–Crippen MR) is 116 cm³/mol. The first kappa shape index (κ1) is 21.3. The molecule has 2 amide bonds. The Hall–Kier alpha value is -1.89. The van der Waals surface area contributed by atoms with Crippen molar-refractivity contribution in [1.82, 2.24) is 5.32 Å². The molecule has 3 aliphatic rings. The van der Waals surface area contributed by atoms with Crippen LogP contribution in [0.2, 0.25) is 0 Å². The maximum Gasteiger partial charge on any atom is 0.230 e. The molecule has 7 heteroatoms. The molecule has 1 aromatic carbocycles. The molecule has 2 fully saturated rings. The van der Waals surface area contributed by atoms with Crippen LogP contribution in [0.5, 0.6) is 0 Å². The van der Waals surface area contributed by atoms with E-state index in [0.717, 1.165) is 49.8 Å². The van der Waals surface area contributed by atoms with Crippen molar-refractivity contribution in [2.75, 3.05) is 11.4 Å². The Kier molecular flexibility index (Phi) is 6.19. The Balaban J connectivity index is 1.41. The van der Waals surface area contributed by atoms with Crippen LogP contribution in [0.3, 0.4) is 0 Å². The van der Waals surface area contributed by atoms with Crippen LogP contribution in [0.25, 0.3) is 0 Å². The van der Waals surface area contributed by atoms with Gasteiger partial charge in [0.05, 0.1) is 10.1 Å². The topological polar surface area (TPSA) is 83.6 Å². The molecule has 0 bridgehead atoms. The van der Waals surface area contributed by atoms with E-state index in [-0.39, 0.29) is 35.1 Å². The van der Waals surface area contributed by atoms with Gasteiger partial charge in [-0.05, 0) is 62.8 Å². The number of rotatable bonds is 6. The summed E-state index contributed by atoms with van der Waals surface area (Å²) in [5.41, 5.74) is 1.74. The number of carbonyl (C=O) groups is 2. The normalized spacial score (nSPS) is 21.0. The molecule has 1 aromatic rings. The molecule has 164 valence electrons. The van der Waals surface area contributed by atoms with Gasteiger partial charge in [-0.25, -0.2) is 8.42 Å². The molecular formula is C23H32N2O4S. The molecule has 0 aromatic heterocycles. The Morgan fingerprint density at radius 1 is 1.10 bits per heavy atom. The Morgan fingerprint density at radius 2 is 1.80 bits per heavy atom. The molecule has 2 aliphatic carbocycles. The second-order valence-electron chi connectivity index (χ2n) is 9.12. The SMILES string of the molecule is C[C@H](CC(=O)NC1CCCCCC1)S(=O)(=O)c1ccc2c(c1)CCN2C(=O)C1CC1. The van der Waals surface area contributed by atoms with Gasteiger partial charge >= 0.3 is 0 Å². The second-order valence-corrected chi connectivity index (χ2v) is 11.5. The molecule has 1 N–H and O–H groups in total. The molecule has 30 heavy (non-hydrogen) atoms. The van der Waals surface area contributed by atoms with Gasteiger partial charge in [0.2, 0.25) is 11.8 Å². The van der Waals surface area contributed by atoms with Gasteiger partial charge in [-0.2, -0.15) is 0 Å². The zero-order valence-electron chi connectivity index (χ0n) is 17.7. The molecule has 1 atom stereocenters. The molecule has 4 rings (SSSR count). The van der Waals surface area contributed by atoms with Gasteiger partial charge in [0.25, 0.3) is 0 Å². The molecule has 0 saturated heterocycles. The van der Waals surface area contributed by atoms with Crippen molar-refractivity contribution < 1.29 is 18.0 Å². The molecule has 0 unspecified atom stereocenters. The van der Waals surface area contributed by atoms with Crippen LogP contribution >= 0.6 is 0 Å². The number of anilines is 1. The van der Waals surface area contributed by atoms with Crippen LogP contribution in [-0.4, -0.2) is 38.1 Å². The monoisotopic (exact) mass is 432 g/mol. The highest BCUT2D eigenvalue weighted by Crippen LogP contribution is 2.37. The van der Waals surface area contributed by atoms with E-state index < -0.39 is 15.1 Å².